The Morgan fingerprint density at radius 2 is 2.07 bits per heavy atom. The summed E-state index contributed by atoms with van der Waals surface area (Å²) in [5.41, 5.74) is 6.85. The summed E-state index contributed by atoms with van der Waals surface area (Å²) in [6.07, 6.45) is 3.68. The predicted molar refractivity (Wildman–Crippen MR) is 115 cm³/mol. The Bertz CT molecular complexity index is 799. The number of piperidine rings is 1. The molecule has 2 atom stereocenters. The van der Waals surface area contributed by atoms with Gasteiger partial charge in [-0.2, -0.15) is 15.0 Å². The lowest BCUT2D eigenvalue weighted by molar-refractivity contribution is -0.121. The number of nitrogens with zero attached hydrogens (tertiary/aromatic N) is 4. The molecule has 0 radical (unpaired) electrons. The van der Waals surface area contributed by atoms with Crippen LogP contribution in [-0.4, -0.2) is 45.4 Å². The van der Waals surface area contributed by atoms with Crippen LogP contribution >= 0.6 is 0 Å². The van der Waals surface area contributed by atoms with Crippen molar-refractivity contribution in [3.63, 3.8) is 0 Å². The molecule has 156 valence electrons. The summed E-state index contributed by atoms with van der Waals surface area (Å²) >= 11 is 0. The van der Waals surface area contributed by atoms with Gasteiger partial charge in [0.2, 0.25) is 17.8 Å². The zero-order valence-electron chi connectivity index (χ0n) is 17.3. The van der Waals surface area contributed by atoms with Crippen molar-refractivity contribution in [3.05, 3.63) is 36.2 Å². The normalized spacial score (nSPS) is 18.2. The van der Waals surface area contributed by atoms with E-state index in [1.807, 2.05) is 37.3 Å². The van der Waals surface area contributed by atoms with Crippen molar-refractivity contribution in [2.75, 3.05) is 30.7 Å². The average Bonchev–Trinajstić information content (AvgIpc) is 2.72. The number of nitrogen functional groups attached to an aromatic ring is 1. The summed E-state index contributed by atoms with van der Waals surface area (Å²) in [5, 5.41) is 6.25. The maximum atomic E-state index is 11.8. The molecule has 1 aromatic heterocycles. The third-order valence-corrected chi connectivity index (χ3v) is 5.24. The van der Waals surface area contributed by atoms with Gasteiger partial charge in [-0.15, -0.1) is 0 Å². The van der Waals surface area contributed by atoms with Crippen molar-refractivity contribution in [2.24, 2.45) is 5.92 Å². The second-order valence-corrected chi connectivity index (χ2v) is 7.60. The number of amides is 1. The summed E-state index contributed by atoms with van der Waals surface area (Å²) < 4.78 is 0. The summed E-state index contributed by atoms with van der Waals surface area (Å²) in [5.74, 6) is 1.89. The number of para-hydroxylation sites is 1. The molecule has 1 aliphatic rings. The Morgan fingerprint density at radius 3 is 2.83 bits per heavy atom. The minimum absolute atomic E-state index is 0.0192. The zero-order chi connectivity index (χ0) is 20.6. The summed E-state index contributed by atoms with van der Waals surface area (Å²) in [6.45, 7) is 6.72. The molecule has 29 heavy (non-hydrogen) atoms. The van der Waals surface area contributed by atoms with Gasteiger partial charge in [-0.3, -0.25) is 9.69 Å². The molecule has 2 unspecified atom stereocenters. The van der Waals surface area contributed by atoms with Crippen LogP contribution in [0.25, 0.3) is 0 Å². The topological polar surface area (TPSA) is 109 Å². The fourth-order valence-electron chi connectivity index (χ4n) is 3.66. The fraction of sp³-hybridized carbons (Fsp3) is 0.524. The van der Waals surface area contributed by atoms with Crippen molar-refractivity contribution in [1.82, 2.24) is 25.2 Å². The van der Waals surface area contributed by atoms with E-state index in [1.165, 1.54) is 0 Å². The molecular weight excluding hydrogens is 366 g/mol. The van der Waals surface area contributed by atoms with Crippen LogP contribution in [0.15, 0.2) is 30.3 Å². The van der Waals surface area contributed by atoms with Crippen LogP contribution in [0.1, 0.15) is 51.4 Å². The first-order valence-corrected chi connectivity index (χ1v) is 10.4. The Hall–Kier alpha value is -2.74. The van der Waals surface area contributed by atoms with Gasteiger partial charge in [-0.05, 0) is 50.8 Å². The van der Waals surface area contributed by atoms with E-state index in [2.05, 4.69) is 37.4 Å². The van der Waals surface area contributed by atoms with Crippen LogP contribution in [0.2, 0.25) is 0 Å². The second-order valence-electron chi connectivity index (χ2n) is 7.60. The highest BCUT2D eigenvalue weighted by atomic mass is 16.1. The first-order valence-electron chi connectivity index (χ1n) is 10.4. The monoisotopic (exact) mass is 397 g/mol. The van der Waals surface area contributed by atoms with E-state index in [-0.39, 0.29) is 17.9 Å². The van der Waals surface area contributed by atoms with Crippen molar-refractivity contribution in [1.29, 1.82) is 0 Å². The molecule has 1 aliphatic heterocycles. The van der Waals surface area contributed by atoms with Gasteiger partial charge in [0, 0.05) is 25.2 Å². The Labute approximate surface area is 172 Å². The molecule has 8 heteroatoms. The van der Waals surface area contributed by atoms with Gasteiger partial charge in [0.15, 0.2) is 5.82 Å². The molecule has 1 fully saturated rings. The van der Waals surface area contributed by atoms with E-state index in [0.29, 0.717) is 24.1 Å². The first kappa shape index (κ1) is 21.0. The van der Waals surface area contributed by atoms with E-state index >= 15 is 0 Å². The standard InChI is InChI=1S/C21H31N7O/c1-3-8-18(29)23-13-16-9-7-12-28(14-16)15(2)19-25-20(22)27-21(26-19)24-17-10-5-4-6-11-17/h4-6,10-11,15-16H,3,7-9,12-14H2,1-2H3,(H,23,29)(H3,22,24,25,26,27). The van der Waals surface area contributed by atoms with Crippen molar-refractivity contribution in [2.45, 2.75) is 45.6 Å². The number of nitrogens with one attached hydrogen (secondary N) is 2. The lowest BCUT2D eigenvalue weighted by atomic mass is 9.96. The van der Waals surface area contributed by atoms with Crippen LogP contribution in [-0.2, 0) is 4.79 Å². The maximum Gasteiger partial charge on any atom is 0.232 e. The van der Waals surface area contributed by atoms with Gasteiger partial charge in [-0.1, -0.05) is 25.1 Å². The highest BCUT2D eigenvalue weighted by Gasteiger charge is 2.26. The van der Waals surface area contributed by atoms with Crippen LogP contribution in [0, 0.1) is 5.92 Å². The highest BCUT2D eigenvalue weighted by molar-refractivity contribution is 5.75. The lowest BCUT2D eigenvalue weighted by Crippen LogP contribution is -2.42. The number of carbonyl (C=O) groups excluding carboxylic acids is 1. The van der Waals surface area contributed by atoms with Crippen LogP contribution in [0.4, 0.5) is 17.6 Å². The van der Waals surface area contributed by atoms with E-state index in [1.54, 1.807) is 0 Å². The van der Waals surface area contributed by atoms with Crippen LogP contribution in [0.3, 0.4) is 0 Å². The number of hydrogen-bond donors (Lipinski definition) is 3. The number of aromatic nitrogens is 3. The molecule has 0 aliphatic carbocycles. The molecule has 3 rings (SSSR count). The third kappa shape index (κ3) is 6.12. The minimum Gasteiger partial charge on any atom is -0.368 e. The molecule has 2 heterocycles. The van der Waals surface area contributed by atoms with Crippen molar-refractivity contribution in [3.8, 4) is 0 Å². The number of anilines is 3. The number of rotatable bonds is 8. The van der Waals surface area contributed by atoms with Crippen molar-refractivity contribution >= 4 is 23.5 Å². The highest BCUT2D eigenvalue weighted by Crippen LogP contribution is 2.26. The lowest BCUT2D eigenvalue weighted by Gasteiger charge is -2.36. The summed E-state index contributed by atoms with van der Waals surface area (Å²) in [7, 11) is 0. The predicted octanol–water partition coefficient (Wildman–Crippen LogP) is 2.89. The average molecular weight is 398 g/mol. The molecule has 0 bridgehead atoms. The van der Waals surface area contributed by atoms with E-state index in [0.717, 1.165) is 44.6 Å². The SMILES string of the molecule is CCCC(=O)NCC1CCCN(C(C)c2nc(N)nc(Nc3ccccc3)n2)C1. The number of hydrogen-bond acceptors (Lipinski definition) is 7. The molecule has 4 N–H and O–H groups in total. The molecule has 8 nitrogen and oxygen atoms in total. The van der Waals surface area contributed by atoms with Gasteiger partial charge in [-0.25, -0.2) is 0 Å². The Kier molecular flexibility index (Phi) is 7.35. The zero-order valence-corrected chi connectivity index (χ0v) is 17.3. The first-order chi connectivity index (χ1) is 14.0. The van der Waals surface area contributed by atoms with E-state index in [4.69, 9.17) is 5.73 Å². The summed E-state index contributed by atoms with van der Waals surface area (Å²) in [4.78, 5) is 27.3. The molecule has 2 aromatic rings. The van der Waals surface area contributed by atoms with Gasteiger partial charge in [0.25, 0.3) is 0 Å². The molecule has 1 amide bonds. The number of carbonyl (C=O) groups is 1. The van der Waals surface area contributed by atoms with Crippen LogP contribution < -0.4 is 16.4 Å². The summed E-state index contributed by atoms with van der Waals surface area (Å²) in [6, 6.07) is 9.77. The molecule has 1 aromatic carbocycles. The smallest absolute Gasteiger partial charge is 0.232 e. The van der Waals surface area contributed by atoms with Gasteiger partial charge in [0.05, 0.1) is 6.04 Å². The van der Waals surface area contributed by atoms with Crippen molar-refractivity contribution < 1.29 is 4.79 Å². The number of benzene rings is 1. The Morgan fingerprint density at radius 1 is 1.28 bits per heavy atom. The molecular formula is C21H31N7O. The third-order valence-electron chi connectivity index (χ3n) is 5.24. The fourth-order valence-corrected chi connectivity index (χ4v) is 3.66. The largest absolute Gasteiger partial charge is 0.368 e. The van der Waals surface area contributed by atoms with E-state index in [9.17, 15) is 4.79 Å². The molecule has 0 spiro atoms. The van der Waals surface area contributed by atoms with Gasteiger partial charge in [0.1, 0.15) is 0 Å². The van der Waals surface area contributed by atoms with Gasteiger partial charge < -0.3 is 16.4 Å². The molecule has 1 saturated heterocycles. The van der Waals surface area contributed by atoms with E-state index < -0.39 is 0 Å². The van der Waals surface area contributed by atoms with Gasteiger partial charge >= 0.3 is 0 Å². The minimum atomic E-state index is 0.0192. The number of nitrogens with two attached hydrogens (primary N) is 1. The quantitative estimate of drug-likeness (QED) is 0.628. The number of likely N-dealkylation sites (tertiary alicyclic amines) is 1. The second kappa shape index (κ2) is 10.2. The molecule has 0 saturated carbocycles. The Balaban J connectivity index is 1.64. The van der Waals surface area contributed by atoms with Crippen LogP contribution in [0.5, 0.6) is 0 Å². The maximum absolute atomic E-state index is 11.8.